The van der Waals surface area contributed by atoms with E-state index in [4.69, 9.17) is 4.84 Å². The largest absolute Gasteiger partial charge is 0.368 e. The van der Waals surface area contributed by atoms with Gasteiger partial charge in [0, 0.05) is 19.0 Å². The summed E-state index contributed by atoms with van der Waals surface area (Å²) >= 11 is 0. The van der Waals surface area contributed by atoms with E-state index < -0.39 is 0 Å². The molecule has 0 saturated carbocycles. The van der Waals surface area contributed by atoms with E-state index in [1.165, 1.54) is 84.0 Å². The second-order valence-electron chi connectivity index (χ2n) is 10.1. The molecule has 2 aromatic carbocycles. The standard InChI is InChI=1S/C32H48N2O3/c1-3-4-5-6-7-8-9-10-11-12-13-14-18-25-33-32(36)31-23-21-30(22-24-31)27-34(37-28(2)35)26-29-19-16-15-17-20-29/h15-17,19-24H,3-14,18,25-27H2,1-2H3,(H,33,36). The molecule has 0 spiro atoms. The molecular formula is C32H48N2O3. The molecule has 1 amide bonds. The van der Waals surface area contributed by atoms with Gasteiger partial charge in [-0.05, 0) is 29.7 Å². The van der Waals surface area contributed by atoms with Crippen LogP contribution in [0.3, 0.4) is 0 Å². The molecule has 0 radical (unpaired) electrons. The van der Waals surface area contributed by atoms with Crippen LogP contribution >= 0.6 is 0 Å². The number of carbonyl (C=O) groups excluding carboxylic acids is 2. The molecule has 0 aliphatic carbocycles. The highest BCUT2D eigenvalue weighted by molar-refractivity contribution is 5.94. The summed E-state index contributed by atoms with van der Waals surface area (Å²) in [5, 5.41) is 4.68. The molecule has 0 unspecified atom stereocenters. The normalized spacial score (nSPS) is 11.0. The molecule has 0 heterocycles. The summed E-state index contributed by atoms with van der Waals surface area (Å²) < 4.78 is 0. The lowest BCUT2D eigenvalue weighted by molar-refractivity contribution is -0.194. The zero-order valence-corrected chi connectivity index (χ0v) is 23.2. The highest BCUT2D eigenvalue weighted by Gasteiger charge is 2.12. The molecule has 5 heteroatoms. The Morgan fingerprint density at radius 2 is 1.16 bits per heavy atom. The Morgan fingerprint density at radius 3 is 1.68 bits per heavy atom. The smallest absolute Gasteiger partial charge is 0.322 e. The topological polar surface area (TPSA) is 58.6 Å². The molecule has 37 heavy (non-hydrogen) atoms. The van der Waals surface area contributed by atoms with Crippen molar-refractivity contribution in [2.24, 2.45) is 0 Å². The Morgan fingerprint density at radius 1 is 0.676 bits per heavy atom. The maximum atomic E-state index is 12.5. The summed E-state index contributed by atoms with van der Waals surface area (Å²) in [5.74, 6) is -0.383. The lowest BCUT2D eigenvalue weighted by Gasteiger charge is -2.20. The van der Waals surface area contributed by atoms with Crippen molar-refractivity contribution < 1.29 is 14.4 Å². The minimum absolute atomic E-state index is 0.0355. The van der Waals surface area contributed by atoms with Gasteiger partial charge in [0.1, 0.15) is 0 Å². The average Bonchev–Trinajstić information content (AvgIpc) is 2.89. The number of amides is 1. The zero-order chi connectivity index (χ0) is 26.6. The quantitative estimate of drug-likeness (QED) is 0.145. The molecule has 5 nitrogen and oxygen atoms in total. The number of hydrogen-bond donors (Lipinski definition) is 1. The van der Waals surface area contributed by atoms with E-state index in [1.54, 1.807) is 5.06 Å². The number of rotatable bonds is 20. The summed E-state index contributed by atoms with van der Waals surface area (Å²) in [6.07, 6.45) is 17.2. The number of unbranched alkanes of at least 4 members (excludes halogenated alkanes) is 12. The third-order valence-electron chi connectivity index (χ3n) is 6.60. The Hall–Kier alpha value is -2.66. The summed E-state index contributed by atoms with van der Waals surface area (Å²) in [4.78, 5) is 29.4. The van der Waals surface area contributed by atoms with Gasteiger partial charge in [-0.15, -0.1) is 5.06 Å². The zero-order valence-electron chi connectivity index (χ0n) is 23.2. The van der Waals surface area contributed by atoms with Crippen LogP contribution in [0, 0.1) is 0 Å². The van der Waals surface area contributed by atoms with Crippen LogP contribution < -0.4 is 5.32 Å². The second-order valence-corrected chi connectivity index (χ2v) is 10.1. The number of benzene rings is 2. The monoisotopic (exact) mass is 508 g/mol. The third kappa shape index (κ3) is 14.6. The van der Waals surface area contributed by atoms with E-state index in [9.17, 15) is 9.59 Å². The van der Waals surface area contributed by atoms with Crippen molar-refractivity contribution in [3.8, 4) is 0 Å². The van der Waals surface area contributed by atoms with Crippen molar-refractivity contribution in [3.63, 3.8) is 0 Å². The van der Waals surface area contributed by atoms with Gasteiger partial charge in [-0.25, -0.2) is 0 Å². The molecule has 204 valence electrons. The van der Waals surface area contributed by atoms with Crippen LogP contribution in [0.15, 0.2) is 54.6 Å². The molecule has 1 N–H and O–H groups in total. The van der Waals surface area contributed by atoms with E-state index in [0.29, 0.717) is 18.7 Å². The molecule has 0 atom stereocenters. The molecule has 0 fully saturated rings. The van der Waals surface area contributed by atoms with Crippen LogP contribution in [-0.4, -0.2) is 23.5 Å². The van der Waals surface area contributed by atoms with Gasteiger partial charge >= 0.3 is 5.97 Å². The minimum Gasteiger partial charge on any atom is -0.368 e. The van der Waals surface area contributed by atoms with Gasteiger partial charge in [-0.1, -0.05) is 126 Å². The van der Waals surface area contributed by atoms with E-state index >= 15 is 0 Å². The van der Waals surface area contributed by atoms with Crippen LogP contribution in [0.25, 0.3) is 0 Å². The van der Waals surface area contributed by atoms with Crippen LogP contribution in [0.4, 0.5) is 0 Å². The van der Waals surface area contributed by atoms with Gasteiger partial charge < -0.3 is 10.2 Å². The Bertz CT molecular complexity index is 867. The van der Waals surface area contributed by atoms with Crippen molar-refractivity contribution in [3.05, 3.63) is 71.3 Å². The second kappa shape index (κ2) is 19.5. The molecule has 0 aliphatic heterocycles. The molecule has 0 aliphatic rings. The van der Waals surface area contributed by atoms with Crippen LogP contribution in [0.1, 0.15) is 119 Å². The third-order valence-corrected chi connectivity index (χ3v) is 6.60. The fourth-order valence-corrected chi connectivity index (χ4v) is 4.50. The van der Waals surface area contributed by atoms with Gasteiger partial charge in [0.25, 0.3) is 5.91 Å². The maximum Gasteiger partial charge on any atom is 0.322 e. The summed E-state index contributed by atoms with van der Waals surface area (Å²) in [6.45, 7) is 5.35. The molecular weight excluding hydrogens is 460 g/mol. The lowest BCUT2D eigenvalue weighted by Crippen LogP contribution is -2.26. The number of carbonyl (C=O) groups is 2. The van der Waals surface area contributed by atoms with Crippen LogP contribution in [-0.2, 0) is 22.7 Å². The lowest BCUT2D eigenvalue weighted by atomic mass is 10.0. The SMILES string of the molecule is CCCCCCCCCCCCCCCNC(=O)c1ccc(CN(Cc2ccccc2)OC(C)=O)cc1. The van der Waals surface area contributed by atoms with E-state index in [-0.39, 0.29) is 11.9 Å². The number of hydrogen-bond acceptors (Lipinski definition) is 4. The fraction of sp³-hybridized carbons (Fsp3) is 0.562. The number of hydroxylamine groups is 2. The molecule has 2 aromatic rings. The van der Waals surface area contributed by atoms with E-state index in [2.05, 4.69) is 12.2 Å². The first-order valence-electron chi connectivity index (χ1n) is 14.4. The first-order chi connectivity index (χ1) is 18.1. The van der Waals surface area contributed by atoms with Crippen LogP contribution in [0.5, 0.6) is 0 Å². The van der Waals surface area contributed by atoms with Crippen molar-refractivity contribution in [1.29, 1.82) is 0 Å². The van der Waals surface area contributed by atoms with E-state index in [0.717, 1.165) is 24.1 Å². The van der Waals surface area contributed by atoms with Crippen molar-refractivity contribution in [2.75, 3.05) is 6.54 Å². The fourth-order valence-electron chi connectivity index (χ4n) is 4.50. The Balaban J connectivity index is 1.58. The minimum atomic E-state index is -0.347. The first-order valence-corrected chi connectivity index (χ1v) is 14.4. The Kier molecular flexibility index (Phi) is 16.1. The number of nitrogens with one attached hydrogen (secondary N) is 1. The van der Waals surface area contributed by atoms with Gasteiger partial charge in [-0.3, -0.25) is 9.59 Å². The maximum absolute atomic E-state index is 12.5. The van der Waals surface area contributed by atoms with Gasteiger partial charge in [0.05, 0.1) is 13.1 Å². The van der Waals surface area contributed by atoms with Crippen molar-refractivity contribution in [1.82, 2.24) is 10.4 Å². The summed E-state index contributed by atoms with van der Waals surface area (Å²) in [7, 11) is 0. The Labute approximate surface area is 224 Å². The summed E-state index contributed by atoms with van der Waals surface area (Å²) in [5.41, 5.74) is 2.69. The van der Waals surface area contributed by atoms with E-state index in [1.807, 2.05) is 54.6 Å². The highest BCUT2D eigenvalue weighted by atomic mass is 16.7. The highest BCUT2D eigenvalue weighted by Crippen LogP contribution is 2.14. The van der Waals surface area contributed by atoms with Gasteiger partial charge in [0.15, 0.2) is 0 Å². The first kappa shape index (κ1) is 30.6. The molecule has 2 rings (SSSR count). The molecule has 0 aromatic heterocycles. The van der Waals surface area contributed by atoms with Gasteiger partial charge in [-0.2, -0.15) is 0 Å². The molecule has 0 bridgehead atoms. The van der Waals surface area contributed by atoms with Crippen LogP contribution in [0.2, 0.25) is 0 Å². The predicted molar refractivity (Wildman–Crippen MR) is 152 cm³/mol. The molecule has 0 saturated heterocycles. The van der Waals surface area contributed by atoms with Crippen molar-refractivity contribution in [2.45, 2.75) is 110 Å². The van der Waals surface area contributed by atoms with Gasteiger partial charge in [0.2, 0.25) is 0 Å². The van der Waals surface area contributed by atoms with Crippen molar-refractivity contribution >= 4 is 11.9 Å². The summed E-state index contributed by atoms with van der Waals surface area (Å²) in [6, 6.07) is 17.4. The average molecular weight is 509 g/mol. The predicted octanol–water partition coefficient (Wildman–Crippen LogP) is 7.99. The number of nitrogens with zero attached hydrogens (tertiary/aromatic N) is 1.